The molecular formula is C10H14N2O3. The van der Waals surface area contributed by atoms with Gasteiger partial charge in [-0.1, -0.05) is 0 Å². The molecule has 1 aromatic heterocycles. The van der Waals surface area contributed by atoms with Gasteiger partial charge in [0.25, 0.3) is 5.91 Å². The van der Waals surface area contributed by atoms with Crippen LogP contribution in [0.15, 0.2) is 18.3 Å². The van der Waals surface area contributed by atoms with Crippen LogP contribution in [0.2, 0.25) is 0 Å². The topological polar surface area (TPSA) is 62.7 Å². The van der Waals surface area contributed by atoms with Gasteiger partial charge >= 0.3 is 0 Å². The highest BCUT2D eigenvalue weighted by atomic mass is 16.5. The molecule has 0 aromatic carbocycles. The van der Waals surface area contributed by atoms with E-state index >= 15 is 0 Å². The lowest BCUT2D eigenvalue weighted by atomic mass is 10.3. The van der Waals surface area contributed by atoms with Crippen molar-refractivity contribution < 1.29 is 14.6 Å². The van der Waals surface area contributed by atoms with Gasteiger partial charge in [0.1, 0.15) is 5.75 Å². The molecule has 0 radical (unpaired) electrons. The van der Waals surface area contributed by atoms with Crippen molar-refractivity contribution in [2.45, 2.75) is 6.61 Å². The third-order valence-corrected chi connectivity index (χ3v) is 1.82. The predicted octanol–water partition coefficient (Wildman–Crippen LogP) is 0.0409. The Bertz CT molecular complexity index is 322. The second-order valence-electron chi connectivity index (χ2n) is 3.22. The van der Waals surface area contributed by atoms with E-state index in [1.165, 1.54) is 11.1 Å². The molecule has 1 rings (SSSR count). The number of likely N-dealkylation sites (N-methyl/N-ethyl adjacent to an activating group) is 1. The Morgan fingerprint density at radius 2 is 2.27 bits per heavy atom. The Hall–Kier alpha value is -1.62. The molecule has 1 heterocycles. The van der Waals surface area contributed by atoms with Gasteiger partial charge in [0.2, 0.25) is 0 Å². The van der Waals surface area contributed by atoms with E-state index in [9.17, 15) is 4.79 Å². The van der Waals surface area contributed by atoms with Crippen molar-refractivity contribution in [1.82, 2.24) is 9.88 Å². The lowest BCUT2D eigenvalue weighted by molar-refractivity contribution is -0.130. The summed E-state index contributed by atoms with van der Waals surface area (Å²) in [6.45, 7) is -0.107. The number of aliphatic hydroxyl groups is 1. The second kappa shape index (κ2) is 5.31. The van der Waals surface area contributed by atoms with Gasteiger partial charge in [-0.2, -0.15) is 0 Å². The van der Waals surface area contributed by atoms with Crippen LogP contribution in [0.1, 0.15) is 5.69 Å². The van der Waals surface area contributed by atoms with Crippen molar-refractivity contribution in [1.29, 1.82) is 0 Å². The zero-order valence-electron chi connectivity index (χ0n) is 8.80. The number of ether oxygens (including phenoxy) is 1. The summed E-state index contributed by atoms with van der Waals surface area (Å²) >= 11 is 0. The minimum Gasteiger partial charge on any atom is -0.482 e. The van der Waals surface area contributed by atoms with Crippen molar-refractivity contribution in [3.63, 3.8) is 0 Å². The Morgan fingerprint density at radius 3 is 2.73 bits per heavy atom. The fraction of sp³-hybridized carbons (Fsp3) is 0.400. The summed E-state index contributed by atoms with van der Waals surface area (Å²) in [6, 6.07) is 3.32. The molecule has 82 valence electrons. The van der Waals surface area contributed by atoms with Crippen LogP contribution in [-0.2, 0) is 11.4 Å². The fourth-order valence-electron chi connectivity index (χ4n) is 0.864. The van der Waals surface area contributed by atoms with E-state index < -0.39 is 0 Å². The Labute approximate surface area is 88.3 Å². The Balaban J connectivity index is 2.47. The first kappa shape index (κ1) is 11.5. The standard InChI is InChI=1S/C10H14N2O3/c1-12(2)10(14)7-15-9-4-3-8(6-13)11-5-9/h3-5,13H,6-7H2,1-2H3. The van der Waals surface area contributed by atoms with Gasteiger partial charge < -0.3 is 14.7 Å². The van der Waals surface area contributed by atoms with Gasteiger partial charge in [-0.15, -0.1) is 0 Å². The van der Waals surface area contributed by atoms with Crippen LogP contribution >= 0.6 is 0 Å². The molecule has 1 N–H and O–H groups in total. The van der Waals surface area contributed by atoms with Crippen molar-refractivity contribution in [2.24, 2.45) is 0 Å². The highest BCUT2D eigenvalue weighted by Crippen LogP contribution is 2.08. The third-order valence-electron chi connectivity index (χ3n) is 1.82. The largest absolute Gasteiger partial charge is 0.482 e. The zero-order valence-corrected chi connectivity index (χ0v) is 8.80. The predicted molar refractivity (Wildman–Crippen MR) is 54.3 cm³/mol. The molecule has 0 bridgehead atoms. The number of aromatic nitrogens is 1. The molecule has 1 amide bonds. The smallest absolute Gasteiger partial charge is 0.259 e. The molecule has 5 nitrogen and oxygen atoms in total. The second-order valence-corrected chi connectivity index (χ2v) is 3.22. The number of carbonyl (C=O) groups is 1. The molecule has 15 heavy (non-hydrogen) atoms. The molecule has 5 heteroatoms. The average Bonchev–Trinajstić information content (AvgIpc) is 2.26. The quantitative estimate of drug-likeness (QED) is 0.762. The maximum atomic E-state index is 11.2. The van der Waals surface area contributed by atoms with Crippen LogP contribution in [0.5, 0.6) is 5.75 Å². The Kier molecular flexibility index (Phi) is 4.05. The number of hydrogen-bond acceptors (Lipinski definition) is 4. The van der Waals surface area contributed by atoms with Crippen LogP contribution in [0.3, 0.4) is 0 Å². The third kappa shape index (κ3) is 3.55. The van der Waals surface area contributed by atoms with E-state index in [-0.39, 0.29) is 19.1 Å². The molecule has 0 aliphatic carbocycles. The number of amides is 1. The number of nitrogens with zero attached hydrogens (tertiary/aromatic N) is 2. The summed E-state index contributed by atoms with van der Waals surface area (Å²) in [5, 5.41) is 8.76. The van der Waals surface area contributed by atoms with Gasteiger partial charge in [-0.25, -0.2) is 0 Å². The summed E-state index contributed by atoms with van der Waals surface area (Å²) < 4.78 is 5.19. The molecule has 1 aromatic rings. The lowest BCUT2D eigenvalue weighted by Gasteiger charge is -2.11. The number of hydrogen-bond donors (Lipinski definition) is 1. The van der Waals surface area contributed by atoms with E-state index in [0.29, 0.717) is 11.4 Å². The molecule has 0 atom stereocenters. The molecule has 0 saturated heterocycles. The Morgan fingerprint density at radius 1 is 1.53 bits per heavy atom. The maximum Gasteiger partial charge on any atom is 0.259 e. The summed E-state index contributed by atoms with van der Waals surface area (Å²) in [5.41, 5.74) is 0.571. The van der Waals surface area contributed by atoms with E-state index in [0.717, 1.165) is 0 Å². The van der Waals surface area contributed by atoms with Crippen molar-refractivity contribution >= 4 is 5.91 Å². The van der Waals surface area contributed by atoms with Crippen molar-refractivity contribution in [3.05, 3.63) is 24.0 Å². The van der Waals surface area contributed by atoms with Crippen LogP contribution in [0, 0.1) is 0 Å². The van der Waals surface area contributed by atoms with Crippen LogP contribution < -0.4 is 4.74 Å². The molecule has 0 aliphatic rings. The normalized spacial score (nSPS) is 9.80. The average molecular weight is 210 g/mol. The maximum absolute atomic E-state index is 11.2. The summed E-state index contributed by atoms with van der Waals surface area (Å²) in [7, 11) is 3.33. The first-order chi connectivity index (χ1) is 7.13. The highest BCUT2D eigenvalue weighted by molar-refractivity contribution is 5.77. The first-order valence-corrected chi connectivity index (χ1v) is 4.52. The van der Waals surface area contributed by atoms with Gasteiger partial charge in [0.05, 0.1) is 18.5 Å². The van der Waals surface area contributed by atoms with Gasteiger partial charge in [0.15, 0.2) is 6.61 Å². The summed E-state index contributed by atoms with van der Waals surface area (Å²) in [4.78, 5) is 16.6. The summed E-state index contributed by atoms with van der Waals surface area (Å²) in [6.07, 6.45) is 1.48. The lowest BCUT2D eigenvalue weighted by Crippen LogP contribution is -2.27. The van der Waals surface area contributed by atoms with E-state index in [1.807, 2.05) is 0 Å². The van der Waals surface area contributed by atoms with Crippen molar-refractivity contribution in [2.75, 3.05) is 20.7 Å². The van der Waals surface area contributed by atoms with Crippen molar-refractivity contribution in [3.8, 4) is 5.75 Å². The zero-order chi connectivity index (χ0) is 11.3. The molecule has 0 unspecified atom stereocenters. The minimum atomic E-state index is -0.110. The number of carbonyl (C=O) groups excluding carboxylic acids is 1. The summed E-state index contributed by atoms with van der Waals surface area (Å²) in [5.74, 6) is 0.406. The van der Waals surface area contributed by atoms with Crippen LogP contribution in [0.25, 0.3) is 0 Å². The molecule has 0 fully saturated rings. The molecular weight excluding hydrogens is 196 g/mol. The van der Waals surface area contributed by atoms with Gasteiger partial charge in [-0.3, -0.25) is 9.78 Å². The monoisotopic (exact) mass is 210 g/mol. The fourth-order valence-corrected chi connectivity index (χ4v) is 0.864. The van der Waals surface area contributed by atoms with Crippen LogP contribution in [0.4, 0.5) is 0 Å². The van der Waals surface area contributed by atoms with E-state index in [2.05, 4.69) is 4.98 Å². The van der Waals surface area contributed by atoms with Crippen LogP contribution in [-0.4, -0.2) is 41.6 Å². The number of aliphatic hydroxyl groups excluding tert-OH is 1. The minimum absolute atomic E-state index is 0.00679. The molecule has 0 aliphatic heterocycles. The van der Waals surface area contributed by atoms with Gasteiger partial charge in [0, 0.05) is 14.1 Å². The SMILES string of the molecule is CN(C)C(=O)COc1ccc(CO)nc1. The van der Waals surface area contributed by atoms with Gasteiger partial charge in [-0.05, 0) is 12.1 Å². The molecule has 0 saturated carbocycles. The number of pyridine rings is 1. The first-order valence-electron chi connectivity index (χ1n) is 4.52. The highest BCUT2D eigenvalue weighted by Gasteiger charge is 2.04. The molecule has 0 spiro atoms. The number of rotatable bonds is 4. The van der Waals surface area contributed by atoms with E-state index in [1.54, 1.807) is 26.2 Å². The van der Waals surface area contributed by atoms with E-state index in [4.69, 9.17) is 9.84 Å².